The number of likely N-dealkylation sites (tertiary alicyclic amines) is 1. The van der Waals surface area contributed by atoms with Crippen LogP contribution >= 0.6 is 0 Å². The lowest BCUT2D eigenvalue weighted by Gasteiger charge is -2.31. The highest BCUT2D eigenvalue weighted by atomic mass is 16.5. The van der Waals surface area contributed by atoms with Crippen LogP contribution < -0.4 is 14.8 Å². The molecule has 0 unspecified atom stereocenters. The Bertz CT molecular complexity index is 497. The second kappa shape index (κ2) is 8.03. The number of amides is 1. The molecule has 1 aromatic rings. The molecule has 1 amide bonds. The van der Waals surface area contributed by atoms with Gasteiger partial charge in [0.15, 0.2) is 0 Å². The van der Waals surface area contributed by atoms with Crippen molar-refractivity contribution in [2.75, 3.05) is 40.4 Å². The molecule has 122 valence electrons. The molecule has 0 saturated carbocycles. The van der Waals surface area contributed by atoms with Crippen molar-refractivity contribution in [2.45, 2.75) is 19.8 Å². The van der Waals surface area contributed by atoms with Gasteiger partial charge in [-0.1, -0.05) is 6.92 Å². The summed E-state index contributed by atoms with van der Waals surface area (Å²) in [6.07, 6.45) is 2.28. The number of carbonyl (C=O) groups excluding carboxylic acids is 1. The SMILES string of the molecule is CCN1CCC(CNC(=O)c2cc(OC)ccc2OC)CC1. The second-order valence-corrected chi connectivity index (χ2v) is 5.65. The molecular weight excluding hydrogens is 280 g/mol. The number of rotatable bonds is 6. The Morgan fingerprint density at radius 3 is 2.59 bits per heavy atom. The third-order valence-corrected chi connectivity index (χ3v) is 4.36. The van der Waals surface area contributed by atoms with E-state index in [0.717, 1.165) is 39.0 Å². The van der Waals surface area contributed by atoms with Crippen LogP contribution in [0.1, 0.15) is 30.1 Å². The smallest absolute Gasteiger partial charge is 0.255 e. The number of benzene rings is 1. The van der Waals surface area contributed by atoms with Gasteiger partial charge in [0, 0.05) is 6.54 Å². The van der Waals surface area contributed by atoms with Gasteiger partial charge in [-0.2, -0.15) is 0 Å². The Kier molecular flexibility index (Phi) is 6.07. The molecular formula is C17H26N2O3. The number of ether oxygens (including phenoxy) is 2. The molecule has 0 bridgehead atoms. The lowest BCUT2D eigenvalue weighted by Crippen LogP contribution is -2.38. The van der Waals surface area contributed by atoms with Crippen LogP contribution in [0.3, 0.4) is 0 Å². The number of methoxy groups -OCH3 is 2. The summed E-state index contributed by atoms with van der Waals surface area (Å²) in [5.41, 5.74) is 0.521. The largest absolute Gasteiger partial charge is 0.497 e. The molecule has 1 aliphatic rings. The molecule has 0 aromatic heterocycles. The molecule has 5 nitrogen and oxygen atoms in total. The number of nitrogens with zero attached hydrogens (tertiary/aromatic N) is 1. The Morgan fingerprint density at radius 2 is 2.00 bits per heavy atom. The average molecular weight is 306 g/mol. The third-order valence-electron chi connectivity index (χ3n) is 4.36. The van der Waals surface area contributed by atoms with Crippen LogP contribution in [0.4, 0.5) is 0 Å². The van der Waals surface area contributed by atoms with Gasteiger partial charge in [-0.25, -0.2) is 0 Å². The number of nitrogens with one attached hydrogen (secondary N) is 1. The fourth-order valence-electron chi connectivity index (χ4n) is 2.83. The minimum absolute atomic E-state index is 0.103. The number of hydrogen-bond acceptors (Lipinski definition) is 4. The zero-order valence-corrected chi connectivity index (χ0v) is 13.7. The van der Waals surface area contributed by atoms with Gasteiger partial charge in [-0.3, -0.25) is 4.79 Å². The van der Waals surface area contributed by atoms with Gasteiger partial charge in [-0.05, 0) is 56.6 Å². The summed E-state index contributed by atoms with van der Waals surface area (Å²) < 4.78 is 10.4. The highest BCUT2D eigenvalue weighted by Crippen LogP contribution is 2.24. The Balaban J connectivity index is 1.92. The van der Waals surface area contributed by atoms with Crippen molar-refractivity contribution < 1.29 is 14.3 Å². The molecule has 1 aliphatic heterocycles. The Morgan fingerprint density at radius 1 is 1.27 bits per heavy atom. The average Bonchev–Trinajstić information content (AvgIpc) is 2.59. The van der Waals surface area contributed by atoms with E-state index in [4.69, 9.17) is 9.47 Å². The molecule has 5 heteroatoms. The summed E-state index contributed by atoms with van der Waals surface area (Å²) in [4.78, 5) is 14.8. The number of hydrogen-bond donors (Lipinski definition) is 1. The normalized spacial score (nSPS) is 16.3. The van der Waals surface area contributed by atoms with Crippen LogP contribution in [0.25, 0.3) is 0 Å². The first-order valence-corrected chi connectivity index (χ1v) is 7.90. The first kappa shape index (κ1) is 16.6. The van der Waals surface area contributed by atoms with Crippen LogP contribution in [0.15, 0.2) is 18.2 Å². The zero-order valence-electron chi connectivity index (χ0n) is 13.7. The molecule has 1 fully saturated rings. The van der Waals surface area contributed by atoms with E-state index in [0.29, 0.717) is 23.0 Å². The number of piperidine rings is 1. The molecule has 1 saturated heterocycles. The number of carbonyl (C=O) groups is 1. The topological polar surface area (TPSA) is 50.8 Å². The summed E-state index contributed by atoms with van der Waals surface area (Å²) in [6.45, 7) is 6.27. The van der Waals surface area contributed by atoms with Crippen molar-refractivity contribution in [1.82, 2.24) is 10.2 Å². The first-order valence-electron chi connectivity index (χ1n) is 7.90. The van der Waals surface area contributed by atoms with E-state index in [1.165, 1.54) is 0 Å². The maximum absolute atomic E-state index is 12.4. The maximum atomic E-state index is 12.4. The lowest BCUT2D eigenvalue weighted by atomic mass is 9.96. The first-order chi connectivity index (χ1) is 10.7. The van der Waals surface area contributed by atoms with Gasteiger partial charge in [0.25, 0.3) is 5.91 Å². The minimum Gasteiger partial charge on any atom is -0.497 e. The van der Waals surface area contributed by atoms with E-state index in [9.17, 15) is 4.79 Å². The molecule has 0 spiro atoms. The van der Waals surface area contributed by atoms with Gasteiger partial charge >= 0.3 is 0 Å². The predicted molar refractivity (Wildman–Crippen MR) is 86.7 cm³/mol. The molecule has 1 aromatic carbocycles. The second-order valence-electron chi connectivity index (χ2n) is 5.65. The molecule has 1 N–H and O–H groups in total. The van der Waals surface area contributed by atoms with Gasteiger partial charge in [0.1, 0.15) is 11.5 Å². The van der Waals surface area contributed by atoms with E-state index in [-0.39, 0.29) is 5.91 Å². The van der Waals surface area contributed by atoms with Gasteiger partial charge in [0.05, 0.1) is 19.8 Å². The fraction of sp³-hybridized carbons (Fsp3) is 0.588. The lowest BCUT2D eigenvalue weighted by molar-refractivity contribution is 0.0933. The highest BCUT2D eigenvalue weighted by molar-refractivity contribution is 5.97. The molecule has 0 atom stereocenters. The zero-order chi connectivity index (χ0) is 15.9. The molecule has 1 heterocycles. The fourth-order valence-corrected chi connectivity index (χ4v) is 2.83. The Labute approximate surface area is 132 Å². The summed E-state index contributed by atoms with van der Waals surface area (Å²) >= 11 is 0. The van der Waals surface area contributed by atoms with Gasteiger partial charge < -0.3 is 19.7 Å². The minimum atomic E-state index is -0.103. The van der Waals surface area contributed by atoms with E-state index < -0.39 is 0 Å². The van der Waals surface area contributed by atoms with Crippen molar-refractivity contribution in [1.29, 1.82) is 0 Å². The predicted octanol–water partition coefficient (Wildman–Crippen LogP) is 2.17. The van der Waals surface area contributed by atoms with Crippen LogP contribution in [-0.2, 0) is 0 Å². The highest BCUT2D eigenvalue weighted by Gasteiger charge is 2.20. The quantitative estimate of drug-likeness (QED) is 0.875. The van der Waals surface area contributed by atoms with Crippen molar-refractivity contribution in [3.05, 3.63) is 23.8 Å². The standard InChI is InChI=1S/C17H26N2O3/c1-4-19-9-7-13(8-10-19)12-18-17(20)15-11-14(21-2)5-6-16(15)22-3/h5-6,11,13H,4,7-10,12H2,1-3H3,(H,18,20). The maximum Gasteiger partial charge on any atom is 0.255 e. The van der Waals surface area contributed by atoms with E-state index in [1.54, 1.807) is 32.4 Å². The molecule has 2 rings (SSSR count). The van der Waals surface area contributed by atoms with E-state index >= 15 is 0 Å². The third kappa shape index (κ3) is 4.13. The monoisotopic (exact) mass is 306 g/mol. The summed E-state index contributed by atoms with van der Waals surface area (Å²) in [5.74, 6) is 1.68. The van der Waals surface area contributed by atoms with E-state index in [1.807, 2.05) is 0 Å². The van der Waals surface area contributed by atoms with Crippen molar-refractivity contribution >= 4 is 5.91 Å². The molecule has 0 aliphatic carbocycles. The van der Waals surface area contributed by atoms with Crippen molar-refractivity contribution in [3.63, 3.8) is 0 Å². The van der Waals surface area contributed by atoms with Crippen LogP contribution in [-0.4, -0.2) is 51.2 Å². The summed E-state index contributed by atoms with van der Waals surface area (Å²) in [7, 11) is 3.16. The van der Waals surface area contributed by atoms with Crippen LogP contribution in [0.2, 0.25) is 0 Å². The van der Waals surface area contributed by atoms with E-state index in [2.05, 4.69) is 17.1 Å². The van der Waals surface area contributed by atoms with Crippen molar-refractivity contribution in [2.24, 2.45) is 5.92 Å². The summed E-state index contributed by atoms with van der Waals surface area (Å²) in [6, 6.07) is 5.26. The summed E-state index contributed by atoms with van der Waals surface area (Å²) in [5, 5.41) is 3.03. The molecule has 22 heavy (non-hydrogen) atoms. The van der Waals surface area contributed by atoms with Crippen molar-refractivity contribution in [3.8, 4) is 11.5 Å². The van der Waals surface area contributed by atoms with Gasteiger partial charge in [-0.15, -0.1) is 0 Å². The van der Waals surface area contributed by atoms with Crippen LogP contribution in [0, 0.1) is 5.92 Å². The van der Waals surface area contributed by atoms with Gasteiger partial charge in [0.2, 0.25) is 0 Å². The molecule has 0 radical (unpaired) electrons. The van der Waals surface area contributed by atoms with Crippen LogP contribution in [0.5, 0.6) is 11.5 Å². The Hall–Kier alpha value is -1.75.